The largest absolute Gasteiger partial charge is 0.443 e. The normalized spacial score (nSPS) is 17.4. The summed E-state index contributed by atoms with van der Waals surface area (Å²) in [6.45, 7) is 0.667. The summed E-state index contributed by atoms with van der Waals surface area (Å²) in [6.07, 6.45) is 16.0. The van der Waals surface area contributed by atoms with Gasteiger partial charge in [0.25, 0.3) is 5.91 Å². The number of thiophene rings is 1. The number of nitrogens with one attached hydrogen (secondary N) is 1. The van der Waals surface area contributed by atoms with E-state index in [0.29, 0.717) is 29.0 Å². The van der Waals surface area contributed by atoms with E-state index in [1.165, 1.54) is 24.2 Å². The molecule has 10 heteroatoms. The highest BCUT2D eigenvalue weighted by molar-refractivity contribution is 7.17. The molecular formula is C30H32N6O3S. The van der Waals surface area contributed by atoms with E-state index in [2.05, 4.69) is 25.9 Å². The van der Waals surface area contributed by atoms with E-state index in [4.69, 9.17) is 9.40 Å². The number of aliphatic imine (C=N–C) groups is 1. The molecule has 1 aliphatic carbocycles. The van der Waals surface area contributed by atoms with Gasteiger partial charge in [-0.05, 0) is 61.9 Å². The molecule has 1 aromatic carbocycles. The molecule has 2 amide bonds. The fourth-order valence-electron chi connectivity index (χ4n) is 5.51. The molecule has 4 heterocycles. The van der Waals surface area contributed by atoms with E-state index in [0.717, 1.165) is 60.1 Å². The van der Waals surface area contributed by atoms with Gasteiger partial charge in [0.15, 0.2) is 12.2 Å². The number of anilines is 2. The molecule has 0 radical (unpaired) electrons. The number of imidazole rings is 1. The summed E-state index contributed by atoms with van der Waals surface area (Å²) < 4.78 is 7.43. The summed E-state index contributed by atoms with van der Waals surface area (Å²) in [4.78, 5) is 42.7. The molecule has 6 rings (SSSR count). The molecule has 3 aromatic heterocycles. The van der Waals surface area contributed by atoms with Crippen LogP contribution in [0, 0.1) is 11.8 Å². The summed E-state index contributed by atoms with van der Waals surface area (Å²) in [6, 6.07) is 9.55. The summed E-state index contributed by atoms with van der Waals surface area (Å²) in [5.74, 6) is 1.44. The molecule has 1 unspecified atom stereocenters. The first-order valence-electron chi connectivity index (χ1n) is 13.8. The Morgan fingerprint density at radius 1 is 1.18 bits per heavy atom. The fraction of sp³-hybridized carbons (Fsp3) is 0.367. The van der Waals surface area contributed by atoms with E-state index in [1.54, 1.807) is 17.2 Å². The van der Waals surface area contributed by atoms with Crippen molar-refractivity contribution < 1.29 is 14.0 Å². The molecule has 206 valence electrons. The maximum Gasteiger partial charge on any atom is 0.268 e. The van der Waals surface area contributed by atoms with Gasteiger partial charge in [-0.15, -0.1) is 11.3 Å². The second kappa shape index (κ2) is 11.6. The average molecular weight is 557 g/mol. The highest BCUT2D eigenvalue weighted by Gasteiger charge is 2.25. The van der Waals surface area contributed by atoms with Crippen molar-refractivity contribution in [2.45, 2.75) is 51.5 Å². The Morgan fingerprint density at radius 3 is 2.83 bits per heavy atom. The number of nitrogens with zero attached hydrogens (tertiary/aromatic N) is 5. The number of hydrogen-bond donors (Lipinski definition) is 1. The first-order valence-corrected chi connectivity index (χ1v) is 14.6. The molecule has 0 spiro atoms. The Bertz CT molecular complexity index is 1560. The summed E-state index contributed by atoms with van der Waals surface area (Å²) in [5, 5.41) is 3.03. The van der Waals surface area contributed by atoms with Crippen molar-refractivity contribution in [1.29, 1.82) is 0 Å². The maximum absolute atomic E-state index is 13.3. The molecular weight excluding hydrogens is 524 g/mol. The van der Waals surface area contributed by atoms with Gasteiger partial charge in [0.05, 0.1) is 27.0 Å². The summed E-state index contributed by atoms with van der Waals surface area (Å²) >= 11 is 1.34. The molecule has 1 saturated carbocycles. The van der Waals surface area contributed by atoms with E-state index < -0.39 is 0 Å². The molecule has 40 heavy (non-hydrogen) atoms. The number of carbonyl (C=O) groups excluding carboxylic acids is 2. The van der Waals surface area contributed by atoms with Crippen molar-refractivity contribution in [3.63, 3.8) is 0 Å². The lowest BCUT2D eigenvalue weighted by Crippen LogP contribution is -2.33. The Kier molecular flexibility index (Phi) is 7.59. The molecule has 1 N–H and O–H groups in total. The predicted octanol–water partition coefficient (Wildman–Crippen LogP) is 6.54. The Morgan fingerprint density at radius 2 is 2.05 bits per heavy atom. The minimum atomic E-state index is -0.237. The van der Waals surface area contributed by atoms with E-state index in [1.807, 2.05) is 43.7 Å². The SMILES string of the molecule is CN(C(=O)C1CCCCC1)c1ccc2c(c1)nc(NC(=O)c1ccc(-c3cnco3)s1)n2CCC1C=NC=CC1. The average Bonchev–Trinajstić information content (AvgIpc) is 3.76. The van der Waals surface area contributed by atoms with Crippen LogP contribution in [0.15, 0.2) is 64.6 Å². The van der Waals surface area contributed by atoms with Gasteiger partial charge in [-0.3, -0.25) is 19.9 Å². The minimum absolute atomic E-state index is 0.0840. The Labute approximate surface area is 236 Å². The smallest absolute Gasteiger partial charge is 0.268 e. The number of amides is 2. The lowest BCUT2D eigenvalue weighted by molar-refractivity contribution is -0.123. The first-order chi connectivity index (χ1) is 19.6. The number of rotatable bonds is 8. The zero-order valence-corrected chi connectivity index (χ0v) is 23.3. The van der Waals surface area contributed by atoms with E-state index in [-0.39, 0.29) is 17.7 Å². The van der Waals surface area contributed by atoms with Gasteiger partial charge in [0.2, 0.25) is 11.9 Å². The van der Waals surface area contributed by atoms with E-state index >= 15 is 0 Å². The third kappa shape index (κ3) is 5.49. The number of fused-ring (bicyclic) bond motifs is 1. The van der Waals surface area contributed by atoms with Crippen molar-refractivity contribution in [2.75, 3.05) is 17.3 Å². The second-order valence-corrected chi connectivity index (χ2v) is 11.5. The molecule has 9 nitrogen and oxygen atoms in total. The third-order valence-electron chi connectivity index (χ3n) is 7.79. The number of carbonyl (C=O) groups is 2. The van der Waals surface area contributed by atoms with Crippen molar-refractivity contribution in [2.24, 2.45) is 16.8 Å². The molecule has 0 saturated heterocycles. The number of oxazole rings is 1. The first kappa shape index (κ1) is 26.2. The topological polar surface area (TPSA) is 106 Å². The predicted molar refractivity (Wildman–Crippen MR) is 158 cm³/mol. The molecule has 0 bridgehead atoms. The van der Waals surface area contributed by atoms with Crippen molar-refractivity contribution in [1.82, 2.24) is 14.5 Å². The Hall–Kier alpha value is -4.05. The molecule has 1 atom stereocenters. The summed E-state index contributed by atoms with van der Waals surface area (Å²) in [7, 11) is 1.84. The van der Waals surface area contributed by atoms with Crippen LogP contribution in [0.5, 0.6) is 0 Å². The highest BCUT2D eigenvalue weighted by atomic mass is 32.1. The van der Waals surface area contributed by atoms with Gasteiger partial charge in [0, 0.05) is 37.6 Å². The van der Waals surface area contributed by atoms with Crippen LogP contribution < -0.4 is 10.2 Å². The molecule has 4 aromatic rings. The maximum atomic E-state index is 13.3. The minimum Gasteiger partial charge on any atom is -0.443 e. The van der Waals surface area contributed by atoms with Gasteiger partial charge in [0.1, 0.15) is 0 Å². The van der Waals surface area contributed by atoms with Crippen LogP contribution in [0.2, 0.25) is 0 Å². The third-order valence-corrected chi connectivity index (χ3v) is 8.88. The number of allylic oxidation sites excluding steroid dienone is 1. The summed E-state index contributed by atoms with van der Waals surface area (Å²) in [5.41, 5.74) is 2.46. The van der Waals surface area contributed by atoms with Gasteiger partial charge < -0.3 is 13.9 Å². The molecule has 1 fully saturated rings. The lowest BCUT2D eigenvalue weighted by atomic mass is 9.88. The zero-order valence-electron chi connectivity index (χ0n) is 22.5. The quantitative estimate of drug-likeness (QED) is 0.265. The number of hydrogen-bond acceptors (Lipinski definition) is 7. The lowest BCUT2D eigenvalue weighted by Gasteiger charge is -2.26. The van der Waals surface area contributed by atoms with Gasteiger partial charge in [-0.1, -0.05) is 25.3 Å². The van der Waals surface area contributed by atoms with Crippen LogP contribution in [0.1, 0.15) is 54.6 Å². The Balaban J connectivity index is 1.27. The number of benzene rings is 1. The van der Waals surface area contributed by atoms with Crippen molar-refractivity contribution >= 4 is 52.0 Å². The fourth-order valence-corrected chi connectivity index (χ4v) is 6.36. The van der Waals surface area contributed by atoms with Gasteiger partial charge in [-0.25, -0.2) is 9.97 Å². The monoisotopic (exact) mass is 556 g/mol. The van der Waals surface area contributed by atoms with Crippen LogP contribution in [0.3, 0.4) is 0 Å². The van der Waals surface area contributed by atoms with Gasteiger partial charge in [-0.2, -0.15) is 0 Å². The van der Waals surface area contributed by atoms with Crippen LogP contribution >= 0.6 is 11.3 Å². The highest BCUT2D eigenvalue weighted by Crippen LogP contribution is 2.31. The standard InChI is InChI=1S/C30H32N6O3S/c1-35(29(38)21-7-3-2-4-8-21)22-9-10-24-23(16-22)33-30(36(24)15-13-20-6-5-14-31-17-20)34-28(37)27-12-11-26(40-27)25-18-32-19-39-25/h5,9-12,14,16-21H,2-4,6-8,13,15H2,1H3,(H,33,34,37). The van der Waals surface area contributed by atoms with Crippen LogP contribution in [0.25, 0.3) is 21.7 Å². The van der Waals surface area contributed by atoms with Gasteiger partial charge >= 0.3 is 0 Å². The number of aryl methyl sites for hydroxylation is 1. The van der Waals surface area contributed by atoms with Crippen LogP contribution in [0.4, 0.5) is 11.6 Å². The second-order valence-electron chi connectivity index (χ2n) is 10.4. The van der Waals surface area contributed by atoms with Crippen LogP contribution in [-0.4, -0.2) is 39.6 Å². The zero-order chi connectivity index (χ0) is 27.5. The van der Waals surface area contributed by atoms with Crippen molar-refractivity contribution in [3.8, 4) is 10.6 Å². The molecule has 1 aliphatic heterocycles. The van der Waals surface area contributed by atoms with E-state index in [9.17, 15) is 9.59 Å². The van der Waals surface area contributed by atoms with Crippen LogP contribution in [-0.2, 0) is 11.3 Å². The number of aromatic nitrogens is 3. The van der Waals surface area contributed by atoms with Crippen molar-refractivity contribution in [3.05, 3.63) is 60.1 Å². The molecule has 2 aliphatic rings.